The fourth-order valence-electron chi connectivity index (χ4n) is 5.30. The van der Waals surface area contributed by atoms with Crippen LogP contribution < -0.4 is 10.6 Å². The zero-order valence-corrected chi connectivity index (χ0v) is 23.4. The van der Waals surface area contributed by atoms with E-state index in [4.69, 9.17) is 4.99 Å². The third-order valence-corrected chi connectivity index (χ3v) is 8.49. The van der Waals surface area contributed by atoms with Crippen LogP contribution in [0.2, 0.25) is 0 Å². The number of carbonyl (C=O) groups is 1. The molecule has 2 aromatic heterocycles. The molecule has 1 aliphatic heterocycles. The lowest BCUT2D eigenvalue weighted by Gasteiger charge is -2.42. The number of aromatic nitrogens is 1. The van der Waals surface area contributed by atoms with Crippen LogP contribution in [0.5, 0.6) is 0 Å². The summed E-state index contributed by atoms with van der Waals surface area (Å²) in [6.45, 7) is 8.78. The first-order valence-corrected chi connectivity index (χ1v) is 14.5. The van der Waals surface area contributed by atoms with Crippen LogP contribution in [0.3, 0.4) is 0 Å². The average Bonchev–Trinajstić information content (AvgIpc) is 3.37. The van der Waals surface area contributed by atoms with Gasteiger partial charge in [-0.2, -0.15) is 21.0 Å². The Morgan fingerprint density at radius 1 is 1.34 bits per heavy atom. The number of piperidine rings is 1. The van der Waals surface area contributed by atoms with Crippen molar-refractivity contribution in [2.24, 2.45) is 4.99 Å². The van der Waals surface area contributed by atoms with Crippen molar-refractivity contribution in [2.75, 3.05) is 19.6 Å². The number of aliphatic imine (C=N–C) groups is 1. The number of carbonyl (C=O) groups excluding carboxylic acids is 1. The predicted molar refractivity (Wildman–Crippen MR) is 148 cm³/mol. The van der Waals surface area contributed by atoms with Crippen molar-refractivity contribution in [3.05, 3.63) is 51.2 Å². The highest BCUT2D eigenvalue weighted by molar-refractivity contribution is 7.07. The minimum absolute atomic E-state index is 0.203. The number of aryl methyl sites for hydroxylation is 2. The molecule has 2 aromatic rings. The number of nitriles is 1. The van der Waals surface area contributed by atoms with E-state index in [0.717, 1.165) is 51.7 Å². The molecule has 1 amide bonds. The summed E-state index contributed by atoms with van der Waals surface area (Å²) in [7, 11) is 0. The van der Waals surface area contributed by atoms with Gasteiger partial charge in [0.2, 0.25) is 11.9 Å². The Hall–Kier alpha value is -3.03. The van der Waals surface area contributed by atoms with Gasteiger partial charge in [-0.05, 0) is 93.3 Å². The first-order valence-electron chi connectivity index (χ1n) is 13.5. The Morgan fingerprint density at radius 3 is 2.71 bits per heavy atom. The van der Waals surface area contributed by atoms with Crippen molar-refractivity contribution in [1.29, 1.82) is 5.26 Å². The highest BCUT2D eigenvalue weighted by atomic mass is 32.1. The molecule has 8 nitrogen and oxygen atoms in total. The summed E-state index contributed by atoms with van der Waals surface area (Å²) in [6.07, 6.45) is 8.29. The number of halogens is 1. The van der Waals surface area contributed by atoms with Crippen LogP contribution >= 0.6 is 11.3 Å². The maximum Gasteiger partial charge on any atom is 0.253 e. The number of nitrogens with one attached hydrogen (secondary N) is 2. The highest BCUT2D eigenvalue weighted by Gasteiger charge is 2.30. The summed E-state index contributed by atoms with van der Waals surface area (Å²) in [5.41, 5.74) is 2.70. The van der Waals surface area contributed by atoms with Gasteiger partial charge in [0.05, 0.1) is 17.3 Å². The molecule has 4 rings (SSSR count). The molecule has 1 saturated carbocycles. The first kappa shape index (κ1) is 28.0. The molecule has 1 aliphatic carbocycles. The van der Waals surface area contributed by atoms with Crippen LogP contribution in [0.4, 0.5) is 4.39 Å². The maximum absolute atomic E-state index is 13.5. The molecule has 3 heterocycles. The molecule has 2 aliphatic rings. The Kier molecular flexibility index (Phi) is 9.69. The van der Waals surface area contributed by atoms with Gasteiger partial charge in [0.1, 0.15) is 0 Å². The summed E-state index contributed by atoms with van der Waals surface area (Å²) < 4.78 is 13.5. The summed E-state index contributed by atoms with van der Waals surface area (Å²) in [4.78, 5) is 26.2. The van der Waals surface area contributed by atoms with Crippen molar-refractivity contribution in [2.45, 2.75) is 84.0 Å². The topological polar surface area (TPSA) is 96.7 Å². The molecule has 204 valence electrons. The van der Waals surface area contributed by atoms with E-state index in [1.54, 1.807) is 25.2 Å². The van der Waals surface area contributed by atoms with E-state index < -0.39 is 5.95 Å². The van der Waals surface area contributed by atoms with Gasteiger partial charge in [-0.1, -0.05) is 0 Å². The molecule has 0 radical (unpaired) electrons. The van der Waals surface area contributed by atoms with Gasteiger partial charge in [-0.25, -0.2) is 9.98 Å². The minimum atomic E-state index is -0.563. The molecule has 38 heavy (non-hydrogen) atoms. The minimum Gasteiger partial charge on any atom is -0.352 e. The highest BCUT2D eigenvalue weighted by Crippen LogP contribution is 2.26. The Bertz CT molecular complexity index is 1130. The zero-order valence-electron chi connectivity index (χ0n) is 22.5. The maximum atomic E-state index is 13.5. The van der Waals surface area contributed by atoms with E-state index >= 15 is 0 Å². The fourth-order valence-corrected chi connectivity index (χ4v) is 5.96. The van der Waals surface area contributed by atoms with Crippen molar-refractivity contribution in [3.8, 4) is 6.19 Å². The zero-order chi connectivity index (χ0) is 27.1. The third-order valence-electron chi connectivity index (χ3n) is 7.76. The summed E-state index contributed by atoms with van der Waals surface area (Å²) in [5, 5.41) is 19.6. The molecule has 2 fully saturated rings. The van der Waals surface area contributed by atoms with Gasteiger partial charge < -0.3 is 15.1 Å². The Balaban J connectivity index is 1.32. The van der Waals surface area contributed by atoms with Crippen molar-refractivity contribution >= 4 is 23.2 Å². The lowest BCUT2D eigenvalue weighted by Crippen LogP contribution is -2.52. The molecule has 0 unspecified atom stereocenters. The van der Waals surface area contributed by atoms with E-state index in [9.17, 15) is 14.4 Å². The van der Waals surface area contributed by atoms with Gasteiger partial charge in [0, 0.05) is 38.3 Å². The fraction of sp³-hybridized carbons (Fsp3) is 0.571. The molecule has 0 bridgehead atoms. The summed E-state index contributed by atoms with van der Waals surface area (Å²) >= 11 is 1.69. The Morgan fingerprint density at radius 2 is 2.11 bits per heavy atom. The third kappa shape index (κ3) is 7.08. The van der Waals surface area contributed by atoms with Crippen LogP contribution in [-0.4, -0.2) is 64.4 Å². The standard InChI is InChI=1S/C28H38FN7OS/c1-19-15-25(29)33-21(3)26(19)27(37)31-11-7-20(2)35-12-8-24(9-13-35)36(16-22-10-14-38-17-22)28(32-18-30)34-23-5-4-6-23/h10,14-15,17,20,23-24H,4-9,11-13,16H2,1-3H3,(H,31,37)(H,32,34)/t20-/m1/s1. The average molecular weight is 540 g/mol. The smallest absolute Gasteiger partial charge is 0.253 e. The van der Waals surface area contributed by atoms with Crippen molar-refractivity contribution in [1.82, 2.24) is 25.4 Å². The first-order chi connectivity index (χ1) is 18.4. The number of rotatable bonds is 9. The summed E-state index contributed by atoms with van der Waals surface area (Å²) in [5.74, 6) is -0.0588. The van der Waals surface area contributed by atoms with Gasteiger partial charge in [-0.3, -0.25) is 10.1 Å². The predicted octanol–water partition coefficient (Wildman–Crippen LogP) is 4.35. The molecule has 1 saturated heterocycles. The number of amides is 1. The number of thiophene rings is 1. The second-order valence-corrected chi connectivity index (χ2v) is 11.2. The second kappa shape index (κ2) is 13.2. The van der Waals surface area contributed by atoms with E-state index in [1.807, 2.05) is 0 Å². The van der Waals surface area contributed by atoms with Gasteiger partial charge in [0.15, 0.2) is 6.19 Å². The summed E-state index contributed by atoms with van der Waals surface area (Å²) in [6, 6.07) is 4.36. The number of nitrogens with zero attached hydrogens (tertiary/aromatic N) is 5. The number of guanidine groups is 1. The molecular formula is C28H38FN7OS. The molecule has 0 aromatic carbocycles. The van der Waals surface area contributed by atoms with Gasteiger partial charge in [0.25, 0.3) is 5.91 Å². The van der Waals surface area contributed by atoms with Crippen LogP contribution in [0.25, 0.3) is 0 Å². The normalized spacial score (nSPS) is 17.9. The van der Waals surface area contributed by atoms with E-state index in [2.05, 4.69) is 55.4 Å². The molecule has 2 N–H and O–H groups in total. The lowest BCUT2D eigenvalue weighted by molar-refractivity contribution is 0.0933. The van der Waals surface area contributed by atoms with Crippen LogP contribution in [0.1, 0.15) is 72.6 Å². The SMILES string of the molecule is Cc1cc(F)nc(C)c1C(=O)NCC[C@@H](C)N1CCC(N(Cc2ccsc2)C(=NC2CCC2)NC#N)CC1. The lowest BCUT2D eigenvalue weighted by atomic mass is 9.94. The van der Waals surface area contributed by atoms with Crippen LogP contribution in [0, 0.1) is 31.3 Å². The largest absolute Gasteiger partial charge is 0.352 e. The number of likely N-dealkylation sites (tertiary alicyclic amines) is 1. The van der Waals surface area contributed by atoms with Crippen molar-refractivity contribution < 1.29 is 9.18 Å². The van der Waals surface area contributed by atoms with E-state index in [1.165, 1.54) is 18.1 Å². The van der Waals surface area contributed by atoms with Crippen molar-refractivity contribution in [3.63, 3.8) is 0 Å². The Labute approximate surface area is 229 Å². The van der Waals surface area contributed by atoms with Crippen LogP contribution in [0.15, 0.2) is 27.9 Å². The van der Waals surface area contributed by atoms with Gasteiger partial charge >= 0.3 is 0 Å². The number of hydrogen-bond donors (Lipinski definition) is 2. The van der Waals surface area contributed by atoms with E-state index in [0.29, 0.717) is 47.5 Å². The van der Waals surface area contributed by atoms with Gasteiger partial charge in [-0.15, -0.1) is 0 Å². The monoisotopic (exact) mass is 539 g/mol. The molecule has 10 heteroatoms. The quantitative estimate of drug-likeness (QED) is 0.162. The molecule has 1 atom stereocenters. The number of hydrogen-bond acceptors (Lipinski definition) is 6. The molecular weight excluding hydrogens is 501 g/mol. The molecule has 0 spiro atoms. The number of pyridine rings is 1. The second-order valence-electron chi connectivity index (χ2n) is 10.4. The van der Waals surface area contributed by atoms with E-state index in [-0.39, 0.29) is 5.91 Å². The van der Waals surface area contributed by atoms with Crippen LogP contribution in [-0.2, 0) is 6.54 Å².